The third-order valence-corrected chi connectivity index (χ3v) is 5.39. The normalized spacial score (nSPS) is 19.6. The van der Waals surface area contributed by atoms with Crippen LogP contribution in [0, 0.1) is 0 Å². The Morgan fingerprint density at radius 1 is 1.14 bits per heavy atom. The molecule has 2 aromatic rings. The van der Waals surface area contributed by atoms with E-state index in [1.54, 1.807) is 19.2 Å². The summed E-state index contributed by atoms with van der Waals surface area (Å²) in [5.41, 5.74) is 1.54. The van der Waals surface area contributed by atoms with E-state index < -0.39 is 0 Å². The Kier molecular flexibility index (Phi) is 5.39. The number of benzene rings is 2. The smallest absolute Gasteiger partial charge is 0.252 e. The van der Waals surface area contributed by atoms with Gasteiger partial charge in [-0.05, 0) is 44.2 Å². The number of carbonyl (C=O) groups is 1. The zero-order chi connectivity index (χ0) is 19.5. The molecule has 1 fully saturated rings. The Labute approximate surface area is 165 Å². The highest BCUT2D eigenvalue weighted by Gasteiger charge is 2.26. The maximum absolute atomic E-state index is 12.7. The molecule has 0 bridgehead atoms. The molecule has 0 aliphatic carbocycles. The van der Waals surface area contributed by atoms with Gasteiger partial charge in [0, 0.05) is 24.2 Å². The van der Waals surface area contributed by atoms with Crippen LogP contribution in [0.15, 0.2) is 42.5 Å². The van der Waals surface area contributed by atoms with Crippen molar-refractivity contribution in [2.75, 3.05) is 33.9 Å². The number of fused-ring (bicyclic) bond motifs is 1. The number of rotatable bonds is 5. The highest BCUT2D eigenvalue weighted by molar-refractivity contribution is 5.95. The lowest BCUT2D eigenvalue weighted by atomic mass is 10.1. The van der Waals surface area contributed by atoms with Crippen molar-refractivity contribution in [3.63, 3.8) is 0 Å². The van der Waals surface area contributed by atoms with Gasteiger partial charge in [0.2, 0.25) is 0 Å². The summed E-state index contributed by atoms with van der Waals surface area (Å²) in [5, 5.41) is 3.04. The Hall–Kier alpha value is -2.73. The molecule has 0 saturated carbocycles. The van der Waals surface area contributed by atoms with E-state index in [4.69, 9.17) is 14.2 Å². The summed E-state index contributed by atoms with van der Waals surface area (Å²) in [6.07, 6.45) is 2.16. The number of hydrogen-bond acceptors (Lipinski definition) is 5. The highest BCUT2D eigenvalue weighted by atomic mass is 16.5. The fraction of sp³-hybridized carbons (Fsp3) is 0.409. The number of piperidine rings is 1. The predicted molar refractivity (Wildman–Crippen MR) is 106 cm³/mol. The number of hydrogen-bond donors (Lipinski definition) is 1. The van der Waals surface area contributed by atoms with E-state index >= 15 is 0 Å². The average molecular weight is 382 g/mol. The van der Waals surface area contributed by atoms with E-state index in [0.29, 0.717) is 23.7 Å². The summed E-state index contributed by atoms with van der Waals surface area (Å²) >= 11 is 0. The van der Waals surface area contributed by atoms with Gasteiger partial charge in [-0.2, -0.15) is 0 Å². The summed E-state index contributed by atoms with van der Waals surface area (Å²) in [6.45, 7) is 2.50. The SMILES string of the molecule is COc1cc(C(=O)N[C@H]2COc3ccccc32)ccc1OC1CCN(C)CC1. The van der Waals surface area contributed by atoms with Gasteiger partial charge in [0.25, 0.3) is 5.91 Å². The number of nitrogens with one attached hydrogen (secondary N) is 1. The molecule has 0 radical (unpaired) electrons. The minimum absolute atomic E-state index is 0.148. The van der Waals surface area contributed by atoms with Gasteiger partial charge in [-0.25, -0.2) is 0 Å². The number of likely N-dealkylation sites (tertiary alicyclic amines) is 1. The minimum Gasteiger partial charge on any atom is -0.493 e. The van der Waals surface area contributed by atoms with Gasteiger partial charge < -0.3 is 24.4 Å². The molecule has 2 aliphatic heterocycles. The van der Waals surface area contributed by atoms with Crippen molar-refractivity contribution < 1.29 is 19.0 Å². The Morgan fingerprint density at radius 2 is 1.93 bits per heavy atom. The van der Waals surface area contributed by atoms with E-state index in [-0.39, 0.29) is 18.1 Å². The number of methoxy groups -OCH3 is 1. The van der Waals surface area contributed by atoms with Gasteiger partial charge in [-0.15, -0.1) is 0 Å². The first-order chi connectivity index (χ1) is 13.6. The van der Waals surface area contributed by atoms with Crippen molar-refractivity contribution in [1.29, 1.82) is 0 Å². The Morgan fingerprint density at radius 3 is 2.71 bits per heavy atom. The molecule has 28 heavy (non-hydrogen) atoms. The van der Waals surface area contributed by atoms with E-state index in [1.165, 1.54) is 0 Å². The van der Waals surface area contributed by atoms with Gasteiger partial charge in [0.05, 0.1) is 13.2 Å². The highest BCUT2D eigenvalue weighted by Crippen LogP contribution is 2.33. The van der Waals surface area contributed by atoms with E-state index in [1.807, 2.05) is 30.3 Å². The van der Waals surface area contributed by atoms with Crippen LogP contribution in [0.25, 0.3) is 0 Å². The van der Waals surface area contributed by atoms with Crippen molar-refractivity contribution in [1.82, 2.24) is 10.2 Å². The van der Waals surface area contributed by atoms with E-state index in [9.17, 15) is 4.79 Å². The molecule has 0 aromatic heterocycles. The summed E-state index contributed by atoms with van der Waals surface area (Å²) in [5.74, 6) is 1.93. The largest absolute Gasteiger partial charge is 0.493 e. The molecular weight excluding hydrogens is 356 g/mol. The lowest BCUT2D eigenvalue weighted by molar-refractivity contribution is 0.0929. The molecule has 2 heterocycles. The molecule has 1 amide bonds. The summed E-state index contributed by atoms with van der Waals surface area (Å²) in [4.78, 5) is 15.0. The zero-order valence-electron chi connectivity index (χ0n) is 16.3. The van der Waals surface area contributed by atoms with Crippen molar-refractivity contribution in [3.05, 3.63) is 53.6 Å². The molecule has 6 nitrogen and oxygen atoms in total. The Bertz CT molecular complexity index is 846. The monoisotopic (exact) mass is 382 g/mol. The van der Waals surface area contributed by atoms with Crippen LogP contribution in [0.1, 0.15) is 34.8 Å². The number of nitrogens with zero attached hydrogens (tertiary/aromatic N) is 1. The van der Waals surface area contributed by atoms with E-state index in [2.05, 4.69) is 17.3 Å². The van der Waals surface area contributed by atoms with E-state index in [0.717, 1.165) is 37.2 Å². The molecule has 2 aliphatic rings. The van der Waals surface area contributed by atoms with Crippen LogP contribution in [0.3, 0.4) is 0 Å². The average Bonchev–Trinajstić information content (AvgIpc) is 3.13. The summed E-state index contributed by atoms with van der Waals surface area (Å²) in [7, 11) is 3.72. The molecule has 2 aromatic carbocycles. The topological polar surface area (TPSA) is 60.0 Å². The molecule has 1 saturated heterocycles. The van der Waals surface area contributed by atoms with Gasteiger partial charge in [-0.3, -0.25) is 4.79 Å². The number of amides is 1. The van der Waals surface area contributed by atoms with Gasteiger partial charge in [0.1, 0.15) is 18.5 Å². The number of ether oxygens (including phenoxy) is 3. The van der Waals surface area contributed by atoms with Crippen LogP contribution in [-0.4, -0.2) is 50.8 Å². The molecule has 0 spiro atoms. The molecular formula is C22H26N2O4. The lowest BCUT2D eigenvalue weighted by Gasteiger charge is -2.29. The first kappa shape index (κ1) is 18.6. The Balaban J connectivity index is 1.44. The first-order valence-electron chi connectivity index (χ1n) is 9.70. The van der Waals surface area contributed by atoms with Crippen LogP contribution in [0.5, 0.6) is 17.2 Å². The second kappa shape index (κ2) is 8.10. The lowest BCUT2D eigenvalue weighted by Crippen LogP contribution is -2.35. The van der Waals surface area contributed by atoms with Crippen LogP contribution < -0.4 is 19.5 Å². The number of para-hydroxylation sites is 1. The van der Waals surface area contributed by atoms with Crippen molar-refractivity contribution in [2.45, 2.75) is 25.0 Å². The summed E-state index contributed by atoms with van der Waals surface area (Å²) in [6, 6.07) is 13.0. The molecule has 6 heteroatoms. The van der Waals surface area contributed by atoms with Crippen LogP contribution in [0.4, 0.5) is 0 Å². The summed E-state index contributed by atoms with van der Waals surface area (Å²) < 4.78 is 17.3. The van der Waals surface area contributed by atoms with Crippen LogP contribution in [0.2, 0.25) is 0 Å². The molecule has 1 atom stereocenters. The molecule has 0 unspecified atom stereocenters. The molecule has 1 N–H and O–H groups in total. The van der Waals surface area contributed by atoms with Crippen molar-refractivity contribution >= 4 is 5.91 Å². The first-order valence-corrected chi connectivity index (χ1v) is 9.70. The fourth-order valence-electron chi connectivity index (χ4n) is 3.71. The zero-order valence-corrected chi connectivity index (χ0v) is 16.3. The van der Waals surface area contributed by atoms with Crippen LogP contribution in [-0.2, 0) is 0 Å². The van der Waals surface area contributed by atoms with Gasteiger partial charge >= 0.3 is 0 Å². The third-order valence-electron chi connectivity index (χ3n) is 5.39. The fourth-order valence-corrected chi connectivity index (χ4v) is 3.71. The maximum Gasteiger partial charge on any atom is 0.252 e. The second-order valence-electron chi connectivity index (χ2n) is 7.36. The molecule has 148 valence electrons. The maximum atomic E-state index is 12.7. The standard InChI is InChI=1S/C22H26N2O4/c1-24-11-9-16(10-12-24)28-20-8-7-15(13-21(20)26-2)22(25)23-18-14-27-19-6-4-3-5-17(18)19/h3-8,13,16,18H,9-12,14H2,1-2H3,(H,23,25)/t18-/m0/s1. The van der Waals surface area contributed by atoms with Crippen LogP contribution >= 0.6 is 0 Å². The second-order valence-corrected chi connectivity index (χ2v) is 7.36. The molecule has 4 rings (SSSR count). The van der Waals surface area contributed by atoms with Gasteiger partial charge in [-0.1, -0.05) is 18.2 Å². The van der Waals surface area contributed by atoms with Crippen molar-refractivity contribution in [2.24, 2.45) is 0 Å². The quantitative estimate of drug-likeness (QED) is 0.861. The van der Waals surface area contributed by atoms with Gasteiger partial charge in [0.15, 0.2) is 11.5 Å². The number of carbonyl (C=O) groups excluding carboxylic acids is 1. The predicted octanol–water partition coefficient (Wildman–Crippen LogP) is 3.03. The van der Waals surface area contributed by atoms with Crippen molar-refractivity contribution in [3.8, 4) is 17.2 Å². The minimum atomic E-state index is -0.158. The third kappa shape index (κ3) is 3.92.